The van der Waals surface area contributed by atoms with Gasteiger partial charge in [-0.05, 0) is 44.9 Å². The first-order chi connectivity index (χ1) is 9.13. The Morgan fingerprint density at radius 1 is 1.47 bits per heavy atom. The van der Waals surface area contributed by atoms with E-state index in [1.165, 1.54) is 11.1 Å². The summed E-state index contributed by atoms with van der Waals surface area (Å²) in [4.78, 5) is 13.8. The summed E-state index contributed by atoms with van der Waals surface area (Å²) in [6.07, 6.45) is 3.07. The molecule has 1 aromatic rings. The molecule has 0 aliphatic carbocycles. The SMILES string of the molecule is CNCc1cc(C)ccc1N1CCCCC1C(N)=O. The molecule has 1 fully saturated rings. The van der Waals surface area contributed by atoms with E-state index in [-0.39, 0.29) is 11.9 Å². The maximum absolute atomic E-state index is 11.6. The molecule has 1 aromatic carbocycles. The van der Waals surface area contributed by atoms with Crippen molar-refractivity contribution in [2.24, 2.45) is 5.73 Å². The third kappa shape index (κ3) is 3.07. The summed E-state index contributed by atoms with van der Waals surface area (Å²) in [7, 11) is 1.94. The number of benzene rings is 1. The van der Waals surface area contributed by atoms with Crippen molar-refractivity contribution in [2.45, 2.75) is 38.8 Å². The van der Waals surface area contributed by atoms with Gasteiger partial charge in [-0.3, -0.25) is 4.79 Å². The second-order valence-electron chi connectivity index (χ2n) is 5.27. The molecule has 0 radical (unpaired) electrons. The standard InChI is InChI=1S/C15H23N3O/c1-11-6-7-13(12(9-11)10-17-2)18-8-4-3-5-14(18)15(16)19/h6-7,9,14,17H,3-5,8,10H2,1-2H3,(H2,16,19). The van der Waals surface area contributed by atoms with Crippen LogP contribution in [0.1, 0.15) is 30.4 Å². The third-order valence-electron chi connectivity index (χ3n) is 3.74. The Bertz CT molecular complexity index is 459. The lowest BCUT2D eigenvalue weighted by Gasteiger charge is -2.37. The van der Waals surface area contributed by atoms with Gasteiger partial charge in [0.1, 0.15) is 6.04 Å². The fourth-order valence-corrected chi connectivity index (χ4v) is 2.84. The molecule has 1 atom stereocenters. The quantitative estimate of drug-likeness (QED) is 0.864. The number of anilines is 1. The van der Waals surface area contributed by atoms with Crippen LogP contribution in [0.5, 0.6) is 0 Å². The van der Waals surface area contributed by atoms with Crippen LogP contribution in [0.25, 0.3) is 0 Å². The maximum Gasteiger partial charge on any atom is 0.240 e. The van der Waals surface area contributed by atoms with Crippen LogP contribution in [-0.4, -0.2) is 25.5 Å². The number of carbonyl (C=O) groups excluding carboxylic acids is 1. The molecule has 1 saturated heterocycles. The van der Waals surface area contributed by atoms with Crippen molar-refractivity contribution < 1.29 is 4.79 Å². The number of amides is 1. The van der Waals surface area contributed by atoms with E-state index in [0.29, 0.717) is 0 Å². The summed E-state index contributed by atoms with van der Waals surface area (Å²) in [5.41, 5.74) is 9.16. The lowest BCUT2D eigenvalue weighted by molar-refractivity contribution is -0.119. The van der Waals surface area contributed by atoms with Crippen molar-refractivity contribution in [2.75, 3.05) is 18.5 Å². The van der Waals surface area contributed by atoms with Gasteiger partial charge in [0, 0.05) is 18.8 Å². The van der Waals surface area contributed by atoms with Gasteiger partial charge in [0.15, 0.2) is 0 Å². The Kier molecular flexibility index (Phi) is 4.43. The number of hydrogen-bond donors (Lipinski definition) is 2. The normalized spacial score (nSPS) is 19.5. The van der Waals surface area contributed by atoms with E-state index in [4.69, 9.17) is 5.73 Å². The molecule has 19 heavy (non-hydrogen) atoms. The van der Waals surface area contributed by atoms with Gasteiger partial charge in [-0.25, -0.2) is 0 Å². The lowest BCUT2D eigenvalue weighted by atomic mass is 9.98. The van der Waals surface area contributed by atoms with Gasteiger partial charge in [0.25, 0.3) is 0 Å². The second kappa shape index (κ2) is 6.06. The summed E-state index contributed by atoms with van der Waals surface area (Å²) in [6.45, 7) is 3.80. The van der Waals surface area contributed by atoms with E-state index in [1.807, 2.05) is 7.05 Å². The summed E-state index contributed by atoms with van der Waals surface area (Å²) in [5, 5.41) is 3.19. The molecule has 0 saturated carbocycles. The molecule has 2 rings (SSSR count). The zero-order valence-electron chi connectivity index (χ0n) is 11.8. The maximum atomic E-state index is 11.6. The molecule has 4 nitrogen and oxygen atoms in total. The third-order valence-corrected chi connectivity index (χ3v) is 3.74. The molecule has 1 heterocycles. The molecular weight excluding hydrogens is 238 g/mol. The number of piperidine rings is 1. The Labute approximate surface area is 115 Å². The molecule has 1 aliphatic heterocycles. The average molecular weight is 261 g/mol. The van der Waals surface area contributed by atoms with Crippen LogP contribution in [0, 0.1) is 6.92 Å². The zero-order valence-corrected chi connectivity index (χ0v) is 11.8. The van der Waals surface area contributed by atoms with E-state index < -0.39 is 0 Å². The second-order valence-corrected chi connectivity index (χ2v) is 5.27. The van der Waals surface area contributed by atoms with Crippen molar-refractivity contribution >= 4 is 11.6 Å². The molecule has 0 aromatic heterocycles. The number of nitrogens with two attached hydrogens (primary N) is 1. The zero-order chi connectivity index (χ0) is 13.8. The predicted molar refractivity (Wildman–Crippen MR) is 78.1 cm³/mol. The molecule has 1 amide bonds. The topological polar surface area (TPSA) is 58.4 Å². The van der Waals surface area contributed by atoms with E-state index in [1.54, 1.807) is 0 Å². The highest BCUT2D eigenvalue weighted by Gasteiger charge is 2.28. The van der Waals surface area contributed by atoms with Crippen LogP contribution in [0.4, 0.5) is 5.69 Å². The predicted octanol–water partition coefficient (Wildman–Crippen LogP) is 1.56. The number of primary amides is 1. The van der Waals surface area contributed by atoms with Crippen LogP contribution in [-0.2, 0) is 11.3 Å². The molecule has 4 heteroatoms. The number of nitrogens with zero attached hydrogens (tertiary/aromatic N) is 1. The Morgan fingerprint density at radius 3 is 2.95 bits per heavy atom. The van der Waals surface area contributed by atoms with Crippen LogP contribution in [0.3, 0.4) is 0 Å². The molecule has 0 spiro atoms. The van der Waals surface area contributed by atoms with Crippen molar-refractivity contribution in [1.82, 2.24) is 5.32 Å². The highest BCUT2D eigenvalue weighted by atomic mass is 16.1. The minimum atomic E-state index is -0.212. The number of aryl methyl sites for hydroxylation is 1. The monoisotopic (exact) mass is 261 g/mol. The number of rotatable bonds is 4. The number of nitrogens with one attached hydrogen (secondary N) is 1. The molecule has 104 valence electrons. The van der Waals surface area contributed by atoms with Gasteiger partial charge >= 0.3 is 0 Å². The summed E-state index contributed by atoms with van der Waals surface area (Å²) < 4.78 is 0. The Balaban J connectivity index is 2.35. The fourth-order valence-electron chi connectivity index (χ4n) is 2.84. The molecule has 3 N–H and O–H groups in total. The Morgan fingerprint density at radius 2 is 2.26 bits per heavy atom. The van der Waals surface area contributed by atoms with Gasteiger partial charge in [-0.2, -0.15) is 0 Å². The molecular formula is C15H23N3O. The Hall–Kier alpha value is -1.55. The average Bonchev–Trinajstić information content (AvgIpc) is 2.39. The first-order valence-electron chi connectivity index (χ1n) is 6.93. The van der Waals surface area contributed by atoms with Crippen molar-refractivity contribution in [3.63, 3.8) is 0 Å². The number of hydrogen-bond acceptors (Lipinski definition) is 3. The van der Waals surface area contributed by atoms with Crippen LogP contribution >= 0.6 is 0 Å². The first kappa shape index (κ1) is 13.9. The van der Waals surface area contributed by atoms with Gasteiger partial charge in [-0.15, -0.1) is 0 Å². The summed E-state index contributed by atoms with van der Waals surface area (Å²) in [6, 6.07) is 6.23. The van der Waals surface area contributed by atoms with Crippen LogP contribution in [0.2, 0.25) is 0 Å². The van der Waals surface area contributed by atoms with Crippen molar-refractivity contribution in [1.29, 1.82) is 0 Å². The van der Waals surface area contributed by atoms with Crippen molar-refractivity contribution in [3.05, 3.63) is 29.3 Å². The lowest BCUT2D eigenvalue weighted by Crippen LogP contribution is -2.48. The van der Waals surface area contributed by atoms with E-state index in [9.17, 15) is 4.79 Å². The molecule has 1 aliphatic rings. The summed E-state index contributed by atoms with van der Waals surface area (Å²) >= 11 is 0. The van der Waals surface area contributed by atoms with E-state index in [2.05, 4.69) is 35.3 Å². The highest BCUT2D eigenvalue weighted by Crippen LogP contribution is 2.28. The smallest absolute Gasteiger partial charge is 0.240 e. The highest BCUT2D eigenvalue weighted by molar-refractivity contribution is 5.84. The largest absolute Gasteiger partial charge is 0.368 e. The van der Waals surface area contributed by atoms with Crippen molar-refractivity contribution in [3.8, 4) is 0 Å². The van der Waals surface area contributed by atoms with Gasteiger partial charge < -0.3 is 16.0 Å². The van der Waals surface area contributed by atoms with Gasteiger partial charge in [0.2, 0.25) is 5.91 Å². The minimum Gasteiger partial charge on any atom is -0.368 e. The van der Waals surface area contributed by atoms with E-state index in [0.717, 1.165) is 38.0 Å². The number of carbonyl (C=O) groups is 1. The molecule has 1 unspecified atom stereocenters. The van der Waals surface area contributed by atoms with Gasteiger partial charge in [-0.1, -0.05) is 17.7 Å². The minimum absolute atomic E-state index is 0.160. The van der Waals surface area contributed by atoms with E-state index >= 15 is 0 Å². The van der Waals surface area contributed by atoms with Crippen LogP contribution in [0.15, 0.2) is 18.2 Å². The summed E-state index contributed by atoms with van der Waals surface area (Å²) in [5.74, 6) is -0.212. The fraction of sp³-hybridized carbons (Fsp3) is 0.533. The van der Waals surface area contributed by atoms with Crippen LogP contribution < -0.4 is 16.0 Å². The molecule has 0 bridgehead atoms. The first-order valence-corrected chi connectivity index (χ1v) is 6.93. The van der Waals surface area contributed by atoms with Gasteiger partial charge in [0.05, 0.1) is 0 Å².